The quantitative estimate of drug-likeness (QED) is 0.387. The minimum Gasteiger partial charge on any atom is -0.488 e. The summed E-state index contributed by atoms with van der Waals surface area (Å²) in [5, 5.41) is 30.7. The fourth-order valence-corrected chi connectivity index (χ4v) is 5.33. The van der Waals surface area contributed by atoms with Crippen molar-refractivity contribution < 1.29 is 24.8 Å². The molecule has 164 valence electrons. The van der Waals surface area contributed by atoms with Gasteiger partial charge in [0.1, 0.15) is 12.4 Å². The van der Waals surface area contributed by atoms with Gasteiger partial charge in [-0.3, -0.25) is 0 Å². The van der Waals surface area contributed by atoms with Crippen LogP contribution in [0.25, 0.3) is 0 Å². The largest absolute Gasteiger partial charge is 0.488 e. The zero-order valence-corrected chi connectivity index (χ0v) is 17.9. The molecule has 0 bridgehead atoms. The number of aliphatic hydroxyl groups is 3. The van der Waals surface area contributed by atoms with Crippen LogP contribution in [0.4, 0.5) is 0 Å². The van der Waals surface area contributed by atoms with Crippen LogP contribution in [0.3, 0.4) is 0 Å². The Morgan fingerprint density at radius 1 is 1.14 bits per heavy atom. The van der Waals surface area contributed by atoms with Gasteiger partial charge in [0, 0.05) is 7.11 Å². The fraction of sp³-hybridized carbons (Fsp3) is 0.750. The molecule has 29 heavy (non-hydrogen) atoms. The second-order valence-electron chi connectivity index (χ2n) is 8.92. The van der Waals surface area contributed by atoms with Gasteiger partial charge in [0.2, 0.25) is 0 Å². The summed E-state index contributed by atoms with van der Waals surface area (Å²) in [6, 6.07) is 6.12. The maximum atomic E-state index is 10.7. The minimum absolute atomic E-state index is 0.113. The topological polar surface area (TPSA) is 79.2 Å². The molecule has 0 radical (unpaired) electrons. The van der Waals surface area contributed by atoms with Crippen LogP contribution in [0.1, 0.15) is 63.0 Å². The number of rotatable bonds is 11. The monoisotopic (exact) mass is 406 g/mol. The summed E-state index contributed by atoms with van der Waals surface area (Å²) in [4.78, 5) is 0. The Kier molecular flexibility index (Phi) is 8.36. The highest BCUT2D eigenvalue weighted by Crippen LogP contribution is 2.48. The molecule has 6 atom stereocenters. The Morgan fingerprint density at radius 2 is 1.97 bits per heavy atom. The normalized spacial score (nSPS) is 27.9. The number of hydrogen-bond donors (Lipinski definition) is 3. The summed E-state index contributed by atoms with van der Waals surface area (Å²) < 4.78 is 10.7. The standard InChI is InChI=1S/C24H38O5/c1-3-4-5-8-18(25)10-11-19-20-12-16-7-6-9-23(29-15-24(27)28-2)21(16)13-17(20)14-22(19)26/h6-7,9,17-20,22,24-27H,3-5,8,10-15H2,1-2H3/t17-,18+,19+,20-,22+,24?/m0/s1. The number of aliphatic hydroxyl groups excluding tert-OH is 3. The Labute approximate surface area is 175 Å². The zero-order valence-electron chi connectivity index (χ0n) is 17.9. The first-order valence-electron chi connectivity index (χ1n) is 11.3. The summed E-state index contributed by atoms with van der Waals surface area (Å²) in [5.41, 5.74) is 2.50. The van der Waals surface area contributed by atoms with Gasteiger partial charge in [-0.1, -0.05) is 38.3 Å². The molecule has 5 heteroatoms. The molecule has 1 fully saturated rings. The summed E-state index contributed by atoms with van der Waals surface area (Å²) in [7, 11) is 1.46. The summed E-state index contributed by atoms with van der Waals surface area (Å²) >= 11 is 0. The zero-order chi connectivity index (χ0) is 20.8. The lowest BCUT2D eigenvalue weighted by Gasteiger charge is -2.32. The van der Waals surface area contributed by atoms with Crippen molar-refractivity contribution >= 4 is 0 Å². The molecule has 1 unspecified atom stereocenters. The van der Waals surface area contributed by atoms with E-state index >= 15 is 0 Å². The molecule has 3 N–H and O–H groups in total. The third-order valence-corrected chi connectivity index (χ3v) is 6.97. The Bertz CT molecular complexity index is 634. The van der Waals surface area contributed by atoms with E-state index in [1.807, 2.05) is 12.1 Å². The van der Waals surface area contributed by atoms with Crippen molar-refractivity contribution in [3.05, 3.63) is 29.3 Å². The molecular formula is C24H38O5. The van der Waals surface area contributed by atoms with E-state index in [0.717, 1.165) is 50.7 Å². The molecule has 0 aromatic heterocycles. The van der Waals surface area contributed by atoms with Gasteiger partial charge in [-0.05, 0) is 73.5 Å². The van der Waals surface area contributed by atoms with Crippen molar-refractivity contribution in [2.24, 2.45) is 17.8 Å². The molecule has 1 aromatic carbocycles. The summed E-state index contributed by atoms with van der Waals surface area (Å²) in [6.45, 7) is 2.29. The molecule has 0 heterocycles. The first-order chi connectivity index (χ1) is 14.0. The Hall–Kier alpha value is -1.14. The maximum Gasteiger partial charge on any atom is 0.188 e. The van der Waals surface area contributed by atoms with Gasteiger partial charge in [-0.25, -0.2) is 0 Å². The first-order valence-corrected chi connectivity index (χ1v) is 11.3. The van der Waals surface area contributed by atoms with Crippen LogP contribution >= 0.6 is 0 Å². The van der Waals surface area contributed by atoms with E-state index in [1.54, 1.807) is 0 Å². The van der Waals surface area contributed by atoms with E-state index in [2.05, 4.69) is 13.0 Å². The molecule has 3 rings (SSSR count). The molecule has 5 nitrogen and oxygen atoms in total. The lowest BCUT2D eigenvalue weighted by molar-refractivity contribution is -0.0969. The van der Waals surface area contributed by atoms with E-state index in [1.165, 1.54) is 31.1 Å². The number of ether oxygens (including phenoxy) is 2. The van der Waals surface area contributed by atoms with Crippen LogP contribution in [-0.2, 0) is 17.6 Å². The highest BCUT2D eigenvalue weighted by molar-refractivity contribution is 5.43. The summed E-state index contributed by atoms with van der Waals surface area (Å²) in [6.07, 6.45) is 7.26. The molecule has 1 saturated carbocycles. The number of fused-ring (bicyclic) bond motifs is 2. The van der Waals surface area contributed by atoms with Crippen molar-refractivity contribution in [3.63, 3.8) is 0 Å². The van der Waals surface area contributed by atoms with E-state index in [4.69, 9.17) is 9.47 Å². The summed E-state index contributed by atoms with van der Waals surface area (Å²) in [5.74, 6) is 2.02. The van der Waals surface area contributed by atoms with Crippen molar-refractivity contribution in [2.45, 2.75) is 83.2 Å². The highest BCUT2D eigenvalue weighted by Gasteiger charge is 2.44. The van der Waals surface area contributed by atoms with Crippen molar-refractivity contribution in [2.75, 3.05) is 13.7 Å². The van der Waals surface area contributed by atoms with Crippen LogP contribution in [-0.4, -0.2) is 47.5 Å². The van der Waals surface area contributed by atoms with Gasteiger partial charge < -0.3 is 24.8 Å². The highest BCUT2D eigenvalue weighted by atomic mass is 16.6. The Morgan fingerprint density at radius 3 is 2.72 bits per heavy atom. The van der Waals surface area contributed by atoms with Gasteiger partial charge in [-0.2, -0.15) is 0 Å². The second-order valence-corrected chi connectivity index (χ2v) is 8.92. The van der Waals surface area contributed by atoms with Crippen molar-refractivity contribution in [1.82, 2.24) is 0 Å². The molecule has 0 saturated heterocycles. The molecule has 2 aliphatic rings. The van der Waals surface area contributed by atoms with Crippen LogP contribution in [0, 0.1) is 17.8 Å². The molecular weight excluding hydrogens is 368 g/mol. The lowest BCUT2D eigenvalue weighted by Crippen LogP contribution is -2.28. The SMILES string of the molecule is CCCCC[C@@H](O)CC[C@@H]1[C@H]2Cc3cccc(OCC(O)OC)c3C[C@H]2C[C@H]1O. The first kappa shape index (κ1) is 22.5. The predicted molar refractivity (Wildman–Crippen MR) is 113 cm³/mol. The number of unbranched alkanes of at least 4 members (excludes halogenated alkanes) is 2. The average Bonchev–Trinajstić information content (AvgIpc) is 3.02. The molecule has 0 spiro atoms. The van der Waals surface area contributed by atoms with Crippen LogP contribution < -0.4 is 4.74 Å². The van der Waals surface area contributed by atoms with Crippen molar-refractivity contribution in [3.8, 4) is 5.75 Å². The number of hydrogen-bond acceptors (Lipinski definition) is 5. The van der Waals surface area contributed by atoms with E-state index < -0.39 is 6.29 Å². The van der Waals surface area contributed by atoms with Crippen LogP contribution in [0.2, 0.25) is 0 Å². The molecule has 2 aliphatic carbocycles. The third-order valence-electron chi connectivity index (χ3n) is 6.97. The second kappa shape index (κ2) is 10.8. The van der Waals surface area contributed by atoms with E-state index in [-0.39, 0.29) is 24.7 Å². The predicted octanol–water partition coefficient (Wildman–Crippen LogP) is 3.46. The molecule has 0 aliphatic heterocycles. The van der Waals surface area contributed by atoms with Gasteiger partial charge >= 0.3 is 0 Å². The molecule has 1 aromatic rings. The fourth-order valence-electron chi connectivity index (χ4n) is 5.33. The van der Waals surface area contributed by atoms with Gasteiger partial charge in [-0.15, -0.1) is 0 Å². The lowest BCUT2D eigenvalue weighted by atomic mass is 9.73. The van der Waals surface area contributed by atoms with Crippen LogP contribution in [0.15, 0.2) is 18.2 Å². The Balaban J connectivity index is 1.61. The minimum atomic E-state index is -0.927. The average molecular weight is 407 g/mol. The van der Waals surface area contributed by atoms with Crippen LogP contribution in [0.5, 0.6) is 5.75 Å². The smallest absolute Gasteiger partial charge is 0.188 e. The van der Waals surface area contributed by atoms with E-state index in [0.29, 0.717) is 11.8 Å². The maximum absolute atomic E-state index is 10.7. The van der Waals surface area contributed by atoms with Gasteiger partial charge in [0.25, 0.3) is 0 Å². The number of methoxy groups -OCH3 is 1. The van der Waals surface area contributed by atoms with E-state index in [9.17, 15) is 15.3 Å². The van der Waals surface area contributed by atoms with Crippen molar-refractivity contribution in [1.29, 1.82) is 0 Å². The third kappa shape index (κ3) is 5.72. The number of benzene rings is 1. The molecule has 0 amide bonds. The van der Waals surface area contributed by atoms with Gasteiger partial charge in [0.05, 0.1) is 12.2 Å². The van der Waals surface area contributed by atoms with Gasteiger partial charge in [0.15, 0.2) is 6.29 Å².